The van der Waals surface area contributed by atoms with Crippen molar-refractivity contribution in [3.05, 3.63) is 106 Å². The first-order valence-electron chi connectivity index (χ1n) is 12.1. The van der Waals surface area contributed by atoms with Gasteiger partial charge in [-0.1, -0.05) is 128 Å². The summed E-state index contributed by atoms with van der Waals surface area (Å²) in [6, 6.07) is 29.0. The molecule has 0 radical (unpaired) electrons. The zero-order valence-corrected chi connectivity index (χ0v) is 20.6. The average molecular weight is 478 g/mol. The highest BCUT2D eigenvalue weighted by atomic mass is 79.9. The van der Waals surface area contributed by atoms with E-state index in [4.69, 9.17) is 0 Å². The molecule has 3 rings (SSSR count). The molecule has 164 valence electrons. The van der Waals surface area contributed by atoms with Crippen LogP contribution in [0.2, 0.25) is 0 Å². The van der Waals surface area contributed by atoms with Crippen LogP contribution in [0, 0.1) is 0 Å². The molecule has 3 aromatic rings. The number of hydrogen-bond acceptors (Lipinski definition) is 0. The molecule has 0 aliphatic rings. The van der Waals surface area contributed by atoms with E-state index in [2.05, 4.69) is 102 Å². The smallest absolute Gasteiger partial charge is 0.0210 e. The molecule has 0 atom stereocenters. The van der Waals surface area contributed by atoms with Crippen molar-refractivity contribution in [1.29, 1.82) is 0 Å². The number of aryl methyl sites for hydroxylation is 2. The maximum atomic E-state index is 3.79. The third kappa shape index (κ3) is 7.96. The zero-order chi connectivity index (χ0) is 21.7. The molecule has 0 saturated heterocycles. The fourth-order valence-electron chi connectivity index (χ4n) is 4.44. The number of benzene rings is 3. The van der Waals surface area contributed by atoms with E-state index < -0.39 is 0 Å². The van der Waals surface area contributed by atoms with Gasteiger partial charge >= 0.3 is 0 Å². The Hall–Kier alpha value is -1.86. The van der Waals surface area contributed by atoms with E-state index in [0.717, 1.165) is 0 Å². The highest BCUT2D eigenvalue weighted by Gasteiger charge is 2.13. The maximum absolute atomic E-state index is 3.79. The third-order valence-corrected chi connectivity index (χ3v) is 7.02. The van der Waals surface area contributed by atoms with E-state index in [1.165, 1.54) is 90.9 Å². The van der Waals surface area contributed by atoms with Crippen LogP contribution in [-0.2, 0) is 12.8 Å². The lowest BCUT2D eigenvalue weighted by Gasteiger charge is -2.18. The van der Waals surface area contributed by atoms with Crippen LogP contribution in [0.25, 0.3) is 0 Å². The Labute approximate surface area is 198 Å². The highest BCUT2D eigenvalue weighted by Crippen LogP contribution is 2.30. The number of halogens is 1. The molecule has 0 N–H and O–H groups in total. The first-order chi connectivity index (χ1) is 15.3. The minimum Gasteiger partial charge on any atom is -0.0654 e. The Bertz CT molecular complexity index is 830. The van der Waals surface area contributed by atoms with E-state index in [9.17, 15) is 0 Å². The second-order valence-electron chi connectivity index (χ2n) is 8.71. The average Bonchev–Trinajstić information content (AvgIpc) is 2.81. The van der Waals surface area contributed by atoms with Gasteiger partial charge in [0, 0.05) is 10.4 Å². The maximum Gasteiger partial charge on any atom is 0.0210 e. The molecule has 0 unspecified atom stereocenters. The number of rotatable bonds is 13. The summed E-state index contributed by atoms with van der Waals surface area (Å²) in [6.45, 7) is 2.27. The summed E-state index contributed by atoms with van der Waals surface area (Å²) in [5, 5.41) is 0. The lowest BCUT2D eigenvalue weighted by Crippen LogP contribution is -2.01. The van der Waals surface area contributed by atoms with Crippen LogP contribution in [0.15, 0.2) is 83.3 Å². The molecule has 31 heavy (non-hydrogen) atoms. The standard InChI is InChI=1S/C30H37Br/c1-2-3-8-20-28-23-22-25(24-30(28)31)15-9-4-5-14-21-29(26-16-10-6-11-17-26)27-18-12-7-13-19-27/h6-7,10-13,16-19,22-24,29H,2-5,8-9,14-15,20-21H2,1H3. The van der Waals surface area contributed by atoms with Crippen molar-refractivity contribution < 1.29 is 0 Å². The van der Waals surface area contributed by atoms with E-state index in [0.29, 0.717) is 5.92 Å². The molecule has 1 heteroatoms. The normalized spacial score (nSPS) is 11.2. The fourth-order valence-corrected chi connectivity index (χ4v) is 5.07. The molecule has 0 aromatic heterocycles. The summed E-state index contributed by atoms with van der Waals surface area (Å²) in [5.74, 6) is 0.513. The first-order valence-corrected chi connectivity index (χ1v) is 12.9. The van der Waals surface area contributed by atoms with Gasteiger partial charge in [-0.2, -0.15) is 0 Å². The van der Waals surface area contributed by atoms with Crippen molar-refractivity contribution >= 4 is 15.9 Å². The minimum absolute atomic E-state index is 0.513. The molecule has 0 nitrogen and oxygen atoms in total. The molecule has 0 aliphatic carbocycles. The summed E-state index contributed by atoms with van der Waals surface area (Å²) in [6.07, 6.45) is 12.7. The van der Waals surface area contributed by atoms with Crippen LogP contribution in [0.4, 0.5) is 0 Å². The van der Waals surface area contributed by atoms with E-state index in [-0.39, 0.29) is 0 Å². The quantitative estimate of drug-likeness (QED) is 0.215. The van der Waals surface area contributed by atoms with Crippen molar-refractivity contribution in [3.63, 3.8) is 0 Å². The van der Waals surface area contributed by atoms with Gasteiger partial charge in [-0.3, -0.25) is 0 Å². The van der Waals surface area contributed by atoms with Gasteiger partial charge in [-0.05, 0) is 60.4 Å². The molecule has 0 fully saturated rings. The van der Waals surface area contributed by atoms with Crippen LogP contribution in [0.1, 0.15) is 86.5 Å². The van der Waals surface area contributed by atoms with Crippen molar-refractivity contribution in [1.82, 2.24) is 0 Å². The van der Waals surface area contributed by atoms with Crippen LogP contribution in [0.5, 0.6) is 0 Å². The van der Waals surface area contributed by atoms with Gasteiger partial charge in [0.25, 0.3) is 0 Å². The van der Waals surface area contributed by atoms with Gasteiger partial charge in [0.15, 0.2) is 0 Å². The molecule has 0 saturated carbocycles. The van der Waals surface area contributed by atoms with Crippen molar-refractivity contribution in [2.24, 2.45) is 0 Å². The molecular weight excluding hydrogens is 440 g/mol. The molecule has 0 bridgehead atoms. The Balaban J connectivity index is 1.42. The van der Waals surface area contributed by atoms with Gasteiger partial charge in [0.2, 0.25) is 0 Å². The summed E-state index contributed by atoms with van der Waals surface area (Å²) in [7, 11) is 0. The summed E-state index contributed by atoms with van der Waals surface area (Å²) < 4.78 is 1.30. The summed E-state index contributed by atoms with van der Waals surface area (Å²) in [4.78, 5) is 0. The van der Waals surface area contributed by atoms with E-state index in [1.54, 1.807) is 0 Å². The second kappa shape index (κ2) is 13.5. The molecule has 0 amide bonds. The van der Waals surface area contributed by atoms with Crippen molar-refractivity contribution in [2.45, 2.75) is 77.0 Å². The first kappa shape index (κ1) is 23.8. The lowest BCUT2D eigenvalue weighted by molar-refractivity contribution is 0.584. The van der Waals surface area contributed by atoms with E-state index in [1.807, 2.05) is 0 Å². The van der Waals surface area contributed by atoms with Gasteiger partial charge in [-0.15, -0.1) is 0 Å². The highest BCUT2D eigenvalue weighted by molar-refractivity contribution is 9.10. The molecule has 0 heterocycles. The number of unbranched alkanes of at least 4 members (excludes halogenated alkanes) is 5. The largest absolute Gasteiger partial charge is 0.0654 e. The molecule has 3 aromatic carbocycles. The molecule has 0 aliphatic heterocycles. The van der Waals surface area contributed by atoms with Gasteiger partial charge < -0.3 is 0 Å². The second-order valence-corrected chi connectivity index (χ2v) is 9.56. The number of hydrogen-bond donors (Lipinski definition) is 0. The fraction of sp³-hybridized carbons (Fsp3) is 0.400. The van der Waals surface area contributed by atoms with Crippen molar-refractivity contribution in [2.75, 3.05) is 0 Å². The molecule has 0 spiro atoms. The van der Waals surface area contributed by atoms with Gasteiger partial charge in [0.05, 0.1) is 0 Å². The Morgan fingerprint density at radius 2 is 1.26 bits per heavy atom. The SMILES string of the molecule is CCCCCc1ccc(CCCCCCC(c2ccccc2)c2ccccc2)cc1Br. The monoisotopic (exact) mass is 476 g/mol. The molecular formula is C30H37Br. The summed E-state index contributed by atoms with van der Waals surface area (Å²) >= 11 is 3.79. The zero-order valence-electron chi connectivity index (χ0n) is 19.0. The van der Waals surface area contributed by atoms with Crippen molar-refractivity contribution in [3.8, 4) is 0 Å². The van der Waals surface area contributed by atoms with Gasteiger partial charge in [-0.25, -0.2) is 0 Å². The Morgan fingerprint density at radius 1 is 0.645 bits per heavy atom. The van der Waals surface area contributed by atoms with Crippen LogP contribution in [-0.4, -0.2) is 0 Å². The summed E-state index contributed by atoms with van der Waals surface area (Å²) in [5.41, 5.74) is 5.82. The van der Waals surface area contributed by atoms with Crippen LogP contribution in [0.3, 0.4) is 0 Å². The van der Waals surface area contributed by atoms with Crippen LogP contribution < -0.4 is 0 Å². The third-order valence-electron chi connectivity index (χ3n) is 6.28. The van der Waals surface area contributed by atoms with Crippen LogP contribution >= 0.6 is 15.9 Å². The Kier molecular flexibility index (Phi) is 10.4. The predicted molar refractivity (Wildman–Crippen MR) is 139 cm³/mol. The topological polar surface area (TPSA) is 0 Å². The van der Waals surface area contributed by atoms with E-state index >= 15 is 0 Å². The minimum atomic E-state index is 0.513. The Morgan fingerprint density at radius 3 is 1.87 bits per heavy atom. The lowest BCUT2D eigenvalue weighted by atomic mass is 9.87. The van der Waals surface area contributed by atoms with Gasteiger partial charge in [0.1, 0.15) is 0 Å². The predicted octanol–water partition coefficient (Wildman–Crippen LogP) is 9.51.